The van der Waals surface area contributed by atoms with Crippen LogP contribution in [0.25, 0.3) is 10.9 Å². The molecule has 114 valence electrons. The third kappa shape index (κ3) is 2.89. The van der Waals surface area contributed by atoms with Gasteiger partial charge in [0, 0.05) is 17.1 Å². The maximum Gasteiger partial charge on any atom is 0.224 e. The van der Waals surface area contributed by atoms with Crippen LogP contribution in [0, 0.1) is 0 Å². The summed E-state index contributed by atoms with van der Waals surface area (Å²) in [6.45, 7) is 1.71. The van der Waals surface area contributed by atoms with Crippen molar-refractivity contribution >= 4 is 16.8 Å². The number of carbonyl (C=O) groups is 1. The summed E-state index contributed by atoms with van der Waals surface area (Å²) in [5, 5.41) is 14.1. The van der Waals surface area contributed by atoms with Crippen LogP contribution in [0.2, 0.25) is 0 Å². The molecule has 1 aromatic carbocycles. The average molecular weight is 298 g/mol. The number of aromatic amines is 1. The Balaban J connectivity index is 1.63. The van der Waals surface area contributed by atoms with Crippen LogP contribution in [0.15, 0.2) is 53.3 Å². The van der Waals surface area contributed by atoms with Crippen LogP contribution in [0.4, 0.5) is 0 Å². The molecule has 0 fully saturated rings. The van der Waals surface area contributed by atoms with E-state index in [9.17, 15) is 9.90 Å². The normalized spacial score (nSPS) is 13.9. The molecule has 0 radical (unpaired) electrons. The predicted octanol–water partition coefficient (Wildman–Crippen LogP) is 2.33. The van der Waals surface area contributed by atoms with E-state index >= 15 is 0 Å². The number of nitrogens with one attached hydrogen (secondary N) is 2. The molecule has 3 rings (SSSR count). The molecule has 2 heterocycles. The van der Waals surface area contributed by atoms with E-state index in [2.05, 4.69) is 10.3 Å². The minimum absolute atomic E-state index is 0.0989. The Morgan fingerprint density at radius 3 is 2.91 bits per heavy atom. The Morgan fingerprint density at radius 2 is 2.14 bits per heavy atom. The van der Waals surface area contributed by atoms with E-state index in [4.69, 9.17) is 4.42 Å². The third-order valence-electron chi connectivity index (χ3n) is 3.71. The van der Waals surface area contributed by atoms with Crippen LogP contribution in [0.5, 0.6) is 0 Å². The summed E-state index contributed by atoms with van der Waals surface area (Å²) in [7, 11) is 0. The lowest BCUT2D eigenvalue weighted by Crippen LogP contribution is -2.39. The van der Waals surface area contributed by atoms with E-state index in [1.54, 1.807) is 19.1 Å². The van der Waals surface area contributed by atoms with Crippen molar-refractivity contribution < 1.29 is 14.3 Å². The lowest BCUT2D eigenvalue weighted by atomic mass is 10.0. The Morgan fingerprint density at radius 1 is 1.32 bits per heavy atom. The van der Waals surface area contributed by atoms with Gasteiger partial charge in [0.2, 0.25) is 5.91 Å². The van der Waals surface area contributed by atoms with Gasteiger partial charge in [-0.3, -0.25) is 4.79 Å². The van der Waals surface area contributed by atoms with Crippen molar-refractivity contribution in [1.29, 1.82) is 0 Å². The van der Waals surface area contributed by atoms with Gasteiger partial charge in [-0.1, -0.05) is 18.2 Å². The van der Waals surface area contributed by atoms with Crippen molar-refractivity contribution in [2.45, 2.75) is 18.9 Å². The fourth-order valence-corrected chi connectivity index (χ4v) is 2.46. The van der Waals surface area contributed by atoms with Gasteiger partial charge in [-0.15, -0.1) is 0 Å². The Hall–Kier alpha value is -2.53. The maximum absolute atomic E-state index is 12.1. The highest BCUT2D eigenvalue weighted by Gasteiger charge is 2.26. The fraction of sp³-hybridized carbons (Fsp3) is 0.235. The molecule has 0 aliphatic rings. The molecule has 0 saturated carbocycles. The zero-order valence-electron chi connectivity index (χ0n) is 12.3. The van der Waals surface area contributed by atoms with Crippen molar-refractivity contribution in [3.05, 3.63) is 60.2 Å². The number of fused-ring (bicyclic) bond motifs is 1. The molecule has 5 heteroatoms. The molecule has 3 N–H and O–H groups in total. The molecule has 1 amide bonds. The van der Waals surface area contributed by atoms with Gasteiger partial charge in [-0.05, 0) is 30.7 Å². The minimum atomic E-state index is -1.22. The van der Waals surface area contributed by atoms with Gasteiger partial charge in [-0.25, -0.2) is 0 Å². The first-order valence-corrected chi connectivity index (χ1v) is 7.14. The molecule has 0 bridgehead atoms. The summed E-state index contributed by atoms with van der Waals surface area (Å²) in [6, 6.07) is 11.2. The monoisotopic (exact) mass is 298 g/mol. The number of para-hydroxylation sites is 1. The number of H-pyrrole nitrogens is 1. The SMILES string of the molecule is CC(O)(CNC(=O)Cc1c[nH]c2ccccc12)c1ccco1. The van der Waals surface area contributed by atoms with Crippen molar-refractivity contribution in [1.82, 2.24) is 10.3 Å². The Bertz CT molecular complexity index is 772. The number of furan rings is 1. The third-order valence-corrected chi connectivity index (χ3v) is 3.71. The quantitative estimate of drug-likeness (QED) is 0.676. The van der Waals surface area contributed by atoms with E-state index in [0.29, 0.717) is 5.76 Å². The molecule has 1 unspecified atom stereocenters. The largest absolute Gasteiger partial charge is 0.466 e. The second kappa shape index (κ2) is 5.69. The average Bonchev–Trinajstić information content (AvgIpc) is 3.16. The Labute approximate surface area is 128 Å². The van der Waals surface area contributed by atoms with Gasteiger partial charge >= 0.3 is 0 Å². The highest BCUT2D eigenvalue weighted by atomic mass is 16.4. The van der Waals surface area contributed by atoms with Crippen molar-refractivity contribution in [3.63, 3.8) is 0 Å². The standard InChI is InChI=1S/C17H18N2O3/c1-17(21,15-7-4-8-22-15)11-19-16(20)9-12-10-18-14-6-3-2-5-13(12)14/h2-8,10,18,21H,9,11H2,1H3,(H,19,20). The summed E-state index contributed by atoms with van der Waals surface area (Å²) in [6.07, 6.45) is 3.60. The lowest BCUT2D eigenvalue weighted by Gasteiger charge is -2.21. The zero-order valence-corrected chi connectivity index (χ0v) is 12.3. The van der Waals surface area contributed by atoms with Gasteiger partial charge in [0.05, 0.1) is 19.2 Å². The van der Waals surface area contributed by atoms with Gasteiger partial charge < -0.3 is 19.8 Å². The number of aromatic nitrogens is 1. The molecule has 0 aliphatic heterocycles. The molecule has 5 nitrogen and oxygen atoms in total. The summed E-state index contributed by atoms with van der Waals surface area (Å²) in [4.78, 5) is 15.2. The highest BCUT2D eigenvalue weighted by molar-refractivity contribution is 5.88. The van der Waals surface area contributed by atoms with Crippen molar-refractivity contribution in [2.75, 3.05) is 6.54 Å². The first-order valence-electron chi connectivity index (χ1n) is 7.14. The number of amides is 1. The number of carbonyl (C=O) groups excluding carboxylic acids is 1. The molecule has 1 atom stereocenters. The highest BCUT2D eigenvalue weighted by Crippen LogP contribution is 2.20. The number of aliphatic hydroxyl groups is 1. The minimum Gasteiger partial charge on any atom is -0.466 e. The summed E-state index contributed by atoms with van der Waals surface area (Å²) < 4.78 is 5.19. The first-order chi connectivity index (χ1) is 10.6. The van der Waals surface area contributed by atoms with E-state index in [1.165, 1.54) is 6.26 Å². The molecule has 22 heavy (non-hydrogen) atoms. The van der Waals surface area contributed by atoms with Gasteiger partial charge in [0.25, 0.3) is 0 Å². The number of benzene rings is 1. The summed E-state index contributed by atoms with van der Waals surface area (Å²) >= 11 is 0. The van der Waals surface area contributed by atoms with E-state index in [0.717, 1.165) is 16.5 Å². The molecular formula is C17H18N2O3. The fourth-order valence-electron chi connectivity index (χ4n) is 2.46. The predicted molar refractivity (Wildman–Crippen MR) is 83.3 cm³/mol. The molecule has 0 saturated heterocycles. The van der Waals surface area contributed by atoms with E-state index in [-0.39, 0.29) is 18.9 Å². The molecule has 0 aliphatic carbocycles. The Kier molecular flexibility index (Phi) is 3.73. The van der Waals surface area contributed by atoms with E-state index in [1.807, 2.05) is 30.5 Å². The van der Waals surface area contributed by atoms with Crippen molar-refractivity contribution in [3.8, 4) is 0 Å². The molecule has 2 aromatic heterocycles. The lowest BCUT2D eigenvalue weighted by molar-refractivity contribution is -0.121. The van der Waals surface area contributed by atoms with Crippen LogP contribution in [0.3, 0.4) is 0 Å². The summed E-state index contributed by atoms with van der Waals surface area (Å²) in [5.74, 6) is 0.288. The second-order valence-corrected chi connectivity index (χ2v) is 5.56. The van der Waals surface area contributed by atoms with Crippen molar-refractivity contribution in [2.24, 2.45) is 0 Å². The maximum atomic E-state index is 12.1. The zero-order chi connectivity index (χ0) is 15.6. The first kappa shape index (κ1) is 14.4. The van der Waals surface area contributed by atoms with Crippen LogP contribution >= 0.6 is 0 Å². The van der Waals surface area contributed by atoms with Gasteiger partial charge in [0.1, 0.15) is 11.4 Å². The van der Waals surface area contributed by atoms with Crippen LogP contribution in [-0.4, -0.2) is 22.5 Å². The number of hydrogen-bond donors (Lipinski definition) is 3. The van der Waals surface area contributed by atoms with Crippen LogP contribution in [-0.2, 0) is 16.8 Å². The second-order valence-electron chi connectivity index (χ2n) is 5.56. The summed E-state index contributed by atoms with van der Waals surface area (Å²) in [5.41, 5.74) is 0.720. The van der Waals surface area contributed by atoms with E-state index < -0.39 is 5.60 Å². The van der Waals surface area contributed by atoms with Crippen LogP contribution in [0.1, 0.15) is 18.2 Å². The number of rotatable bonds is 5. The smallest absolute Gasteiger partial charge is 0.224 e. The number of hydrogen-bond acceptors (Lipinski definition) is 3. The van der Waals surface area contributed by atoms with Gasteiger partial charge in [-0.2, -0.15) is 0 Å². The molecule has 0 spiro atoms. The molecule has 3 aromatic rings. The van der Waals surface area contributed by atoms with Gasteiger partial charge in [0.15, 0.2) is 0 Å². The van der Waals surface area contributed by atoms with Crippen LogP contribution < -0.4 is 5.32 Å². The molecular weight excluding hydrogens is 280 g/mol. The topological polar surface area (TPSA) is 78.3 Å².